The second kappa shape index (κ2) is 6.03. The van der Waals surface area contributed by atoms with E-state index in [1.54, 1.807) is 6.20 Å². The Balaban J connectivity index is 1.85. The molecule has 2 aliphatic rings. The van der Waals surface area contributed by atoms with E-state index in [2.05, 4.69) is 21.3 Å². The van der Waals surface area contributed by atoms with Gasteiger partial charge in [-0.05, 0) is 47.2 Å². The summed E-state index contributed by atoms with van der Waals surface area (Å²) in [5.41, 5.74) is 0.549. The molecule has 1 N–H and O–H groups in total. The summed E-state index contributed by atoms with van der Waals surface area (Å²) in [6, 6.07) is 4.56. The monoisotopic (exact) mass is 328 g/mol. The molecule has 3 heterocycles. The van der Waals surface area contributed by atoms with E-state index in [0.29, 0.717) is 11.6 Å². The lowest BCUT2D eigenvalue weighted by Gasteiger charge is -2.32. The number of pyridine rings is 1. The van der Waals surface area contributed by atoms with Crippen LogP contribution in [0.4, 0.5) is 5.82 Å². The Morgan fingerprint density at radius 1 is 1.33 bits per heavy atom. The van der Waals surface area contributed by atoms with Crippen LogP contribution in [-0.4, -0.2) is 49.5 Å². The van der Waals surface area contributed by atoms with Gasteiger partial charge in [-0.15, -0.1) is 0 Å². The quantitative estimate of drug-likeness (QED) is 0.837. The highest BCUT2D eigenvalue weighted by molar-refractivity contribution is 6.62. The maximum Gasteiger partial charge on any atom is 0.496 e. The summed E-state index contributed by atoms with van der Waals surface area (Å²) in [6.07, 6.45) is 2.83. The van der Waals surface area contributed by atoms with E-state index in [-0.39, 0.29) is 0 Å². The third-order valence-corrected chi connectivity index (χ3v) is 5.43. The Labute approximate surface area is 144 Å². The second-order valence-electron chi connectivity index (χ2n) is 7.56. The van der Waals surface area contributed by atoms with E-state index in [4.69, 9.17) is 9.31 Å². The first-order valence-electron chi connectivity index (χ1n) is 8.45. The van der Waals surface area contributed by atoms with E-state index >= 15 is 0 Å². The molecular formula is C17H25BN4O2. The molecule has 0 amide bonds. The molecule has 0 bridgehead atoms. The van der Waals surface area contributed by atoms with Gasteiger partial charge in [-0.2, -0.15) is 5.26 Å². The molecule has 2 saturated heterocycles. The number of aromatic nitrogens is 1. The van der Waals surface area contributed by atoms with Crippen molar-refractivity contribution in [3.8, 4) is 6.07 Å². The van der Waals surface area contributed by atoms with E-state index < -0.39 is 18.3 Å². The lowest BCUT2D eigenvalue weighted by atomic mass is 9.79. The molecule has 6 nitrogen and oxygen atoms in total. The van der Waals surface area contributed by atoms with E-state index in [1.165, 1.54) is 0 Å². The first kappa shape index (κ1) is 17.2. The molecule has 0 aliphatic carbocycles. The Morgan fingerprint density at radius 3 is 2.54 bits per heavy atom. The summed E-state index contributed by atoms with van der Waals surface area (Å²) in [7, 11) is 1.47. The van der Waals surface area contributed by atoms with Gasteiger partial charge in [0.05, 0.1) is 16.8 Å². The molecule has 7 heteroatoms. The van der Waals surface area contributed by atoms with Gasteiger partial charge in [-0.1, -0.05) is 0 Å². The summed E-state index contributed by atoms with van der Waals surface area (Å²) in [5.74, 6) is 0.746. The summed E-state index contributed by atoms with van der Waals surface area (Å²) in [5, 5.41) is 12.8. The highest BCUT2D eigenvalue weighted by Gasteiger charge is 2.52. The van der Waals surface area contributed by atoms with Crippen molar-refractivity contribution in [1.82, 2.24) is 10.3 Å². The third-order valence-electron chi connectivity index (χ3n) is 5.43. The lowest BCUT2D eigenvalue weighted by Crippen LogP contribution is -2.41. The van der Waals surface area contributed by atoms with E-state index in [9.17, 15) is 5.26 Å². The molecular weight excluding hydrogens is 303 g/mol. The molecule has 128 valence electrons. The van der Waals surface area contributed by atoms with Crippen LogP contribution in [0.25, 0.3) is 0 Å². The average molecular weight is 328 g/mol. The van der Waals surface area contributed by atoms with Crippen molar-refractivity contribution in [3.63, 3.8) is 0 Å². The van der Waals surface area contributed by atoms with Gasteiger partial charge >= 0.3 is 7.12 Å². The molecule has 0 saturated carbocycles. The van der Waals surface area contributed by atoms with Gasteiger partial charge in [0.15, 0.2) is 0 Å². The van der Waals surface area contributed by atoms with Crippen molar-refractivity contribution in [2.24, 2.45) is 0 Å². The Bertz CT molecular complexity index is 655. The van der Waals surface area contributed by atoms with Crippen LogP contribution in [0.1, 0.15) is 39.7 Å². The average Bonchev–Trinajstić information content (AvgIpc) is 3.09. The highest BCUT2D eigenvalue weighted by atomic mass is 16.7. The summed E-state index contributed by atoms with van der Waals surface area (Å²) in [6.45, 7) is 9.84. The van der Waals surface area contributed by atoms with Crippen LogP contribution in [0.2, 0.25) is 0 Å². The predicted octanol–water partition coefficient (Wildman–Crippen LogP) is 1.05. The molecule has 0 spiro atoms. The fraction of sp³-hybridized carbons (Fsp3) is 0.647. The minimum atomic E-state index is -0.493. The standard InChI is InChI=1S/C17H25BN4O2/c1-16(2)17(3,4)24-18(23-16)13-8-12(9-19)15(21-10-13)22-7-6-14(11-22)20-5/h8,10,14,20H,6-7,11H2,1-5H3/t14-/m1/s1. The fourth-order valence-electron chi connectivity index (χ4n) is 3.10. The second-order valence-corrected chi connectivity index (χ2v) is 7.56. The largest absolute Gasteiger partial charge is 0.496 e. The smallest absolute Gasteiger partial charge is 0.399 e. The molecule has 1 aromatic heterocycles. The number of likely N-dealkylation sites (N-methyl/N-ethyl adjacent to an activating group) is 1. The number of anilines is 1. The lowest BCUT2D eigenvalue weighted by molar-refractivity contribution is 0.00578. The van der Waals surface area contributed by atoms with Gasteiger partial charge in [0.1, 0.15) is 11.9 Å². The maximum atomic E-state index is 9.56. The topological polar surface area (TPSA) is 70.4 Å². The zero-order valence-corrected chi connectivity index (χ0v) is 15.1. The van der Waals surface area contributed by atoms with E-state index in [0.717, 1.165) is 30.8 Å². The number of rotatable bonds is 3. The normalized spacial score (nSPS) is 25.1. The number of nitrogens with zero attached hydrogens (tertiary/aromatic N) is 3. The molecule has 3 rings (SSSR count). The van der Waals surface area contributed by atoms with Crippen molar-refractivity contribution >= 4 is 18.4 Å². The molecule has 0 aromatic carbocycles. The number of nitrogens with one attached hydrogen (secondary N) is 1. The van der Waals surface area contributed by atoms with Gasteiger partial charge in [0.25, 0.3) is 0 Å². The Morgan fingerprint density at radius 2 is 2.00 bits per heavy atom. The van der Waals surface area contributed by atoms with Gasteiger partial charge in [0.2, 0.25) is 0 Å². The van der Waals surface area contributed by atoms with Crippen LogP contribution < -0.4 is 15.7 Å². The van der Waals surface area contributed by atoms with Crippen molar-refractivity contribution in [2.75, 3.05) is 25.0 Å². The van der Waals surface area contributed by atoms with Gasteiger partial charge < -0.3 is 19.5 Å². The molecule has 1 atom stereocenters. The predicted molar refractivity (Wildman–Crippen MR) is 94.3 cm³/mol. The van der Waals surface area contributed by atoms with Crippen LogP contribution in [0.5, 0.6) is 0 Å². The Hall–Kier alpha value is -1.62. The Kier molecular flexibility index (Phi) is 4.33. The van der Waals surface area contributed by atoms with Gasteiger partial charge in [-0.3, -0.25) is 0 Å². The van der Waals surface area contributed by atoms with Crippen molar-refractivity contribution in [1.29, 1.82) is 5.26 Å². The van der Waals surface area contributed by atoms with E-state index in [1.807, 2.05) is 40.8 Å². The number of nitriles is 1. The van der Waals surface area contributed by atoms with Crippen molar-refractivity contribution in [3.05, 3.63) is 17.8 Å². The molecule has 1 aromatic rings. The van der Waals surface area contributed by atoms with Crippen LogP contribution >= 0.6 is 0 Å². The maximum absolute atomic E-state index is 9.56. The SMILES string of the molecule is CN[C@@H]1CCN(c2ncc(B3OC(C)(C)C(C)(C)O3)cc2C#N)C1. The summed E-state index contributed by atoms with van der Waals surface area (Å²) < 4.78 is 12.1. The number of hydrogen-bond acceptors (Lipinski definition) is 6. The van der Waals surface area contributed by atoms with Crippen LogP contribution in [-0.2, 0) is 9.31 Å². The number of hydrogen-bond donors (Lipinski definition) is 1. The van der Waals surface area contributed by atoms with Crippen molar-refractivity contribution in [2.45, 2.75) is 51.4 Å². The summed E-state index contributed by atoms with van der Waals surface area (Å²) in [4.78, 5) is 6.72. The summed E-state index contributed by atoms with van der Waals surface area (Å²) >= 11 is 0. The van der Waals surface area contributed by atoms with Crippen LogP contribution in [0.15, 0.2) is 12.3 Å². The minimum Gasteiger partial charge on any atom is -0.399 e. The zero-order chi connectivity index (χ0) is 17.5. The third kappa shape index (κ3) is 2.90. The molecule has 2 aliphatic heterocycles. The van der Waals surface area contributed by atoms with Gasteiger partial charge in [0, 0.05) is 30.8 Å². The molecule has 0 unspecified atom stereocenters. The molecule has 24 heavy (non-hydrogen) atoms. The van der Waals surface area contributed by atoms with Crippen LogP contribution in [0.3, 0.4) is 0 Å². The van der Waals surface area contributed by atoms with Crippen LogP contribution in [0, 0.1) is 11.3 Å². The molecule has 0 radical (unpaired) electrons. The first-order chi connectivity index (χ1) is 11.3. The fourth-order valence-corrected chi connectivity index (χ4v) is 3.10. The molecule has 2 fully saturated rings. The van der Waals surface area contributed by atoms with Gasteiger partial charge in [-0.25, -0.2) is 4.98 Å². The van der Waals surface area contributed by atoms with Crippen molar-refractivity contribution < 1.29 is 9.31 Å². The highest BCUT2D eigenvalue weighted by Crippen LogP contribution is 2.36. The minimum absolute atomic E-state index is 0.405. The zero-order valence-electron chi connectivity index (χ0n) is 15.1. The first-order valence-corrected chi connectivity index (χ1v) is 8.45.